The summed E-state index contributed by atoms with van der Waals surface area (Å²) in [6.07, 6.45) is 0. The van der Waals surface area contributed by atoms with Gasteiger partial charge in [-0.3, -0.25) is 9.59 Å². The Bertz CT molecular complexity index is 906. The molecule has 0 aliphatic carbocycles. The van der Waals surface area contributed by atoms with Crippen molar-refractivity contribution in [1.82, 2.24) is 19.8 Å². The summed E-state index contributed by atoms with van der Waals surface area (Å²) in [7, 11) is 1.73. The van der Waals surface area contributed by atoms with E-state index in [1.165, 1.54) is 27.6 Å². The maximum Gasteiger partial charge on any atom is 0.296 e. The average Bonchev–Trinajstić information content (AvgIpc) is 3.00. The van der Waals surface area contributed by atoms with Crippen molar-refractivity contribution < 1.29 is 4.79 Å². The Labute approximate surface area is 140 Å². The molecule has 0 spiro atoms. The Morgan fingerprint density at radius 2 is 2.04 bits per heavy atom. The van der Waals surface area contributed by atoms with Gasteiger partial charge in [-0.2, -0.15) is 4.52 Å². The lowest BCUT2D eigenvalue weighted by atomic mass is 10.3. The maximum absolute atomic E-state index is 12.2. The largest absolute Gasteiger partial charge is 0.315 e. The minimum Gasteiger partial charge on any atom is -0.315 e. The van der Waals surface area contributed by atoms with Crippen LogP contribution in [-0.4, -0.2) is 38.5 Å². The van der Waals surface area contributed by atoms with Crippen LogP contribution in [0, 0.1) is 6.92 Å². The summed E-state index contributed by atoms with van der Waals surface area (Å²) in [4.78, 5) is 26.1. The zero-order chi connectivity index (χ0) is 16.4. The van der Waals surface area contributed by atoms with E-state index in [1.54, 1.807) is 18.9 Å². The van der Waals surface area contributed by atoms with Gasteiger partial charge in [0.1, 0.15) is 5.69 Å². The Kier molecular flexibility index (Phi) is 4.39. The molecule has 0 N–H and O–H groups in total. The highest BCUT2D eigenvalue weighted by molar-refractivity contribution is 8.01. The van der Waals surface area contributed by atoms with E-state index >= 15 is 0 Å². The van der Waals surface area contributed by atoms with Gasteiger partial charge in [-0.25, -0.2) is 0 Å². The summed E-state index contributed by atoms with van der Waals surface area (Å²) in [6.45, 7) is 1.59. The normalized spacial score (nSPS) is 10.9. The lowest BCUT2D eigenvalue weighted by molar-refractivity contribution is -0.115. The maximum atomic E-state index is 12.2. The molecule has 0 bridgehead atoms. The van der Waals surface area contributed by atoms with E-state index in [0.717, 1.165) is 5.69 Å². The van der Waals surface area contributed by atoms with Crippen LogP contribution >= 0.6 is 23.1 Å². The number of anilines is 1. The van der Waals surface area contributed by atoms with Gasteiger partial charge < -0.3 is 4.90 Å². The van der Waals surface area contributed by atoms with Crippen LogP contribution in [0.1, 0.15) is 5.69 Å². The van der Waals surface area contributed by atoms with Crippen LogP contribution in [0.25, 0.3) is 4.96 Å². The predicted octanol–water partition coefficient (Wildman–Crippen LogP) is 1.61. The Morgan fingerprint density at radius 1 is 1.30 bits per heavy atom. The molecule has 2 aromatic heterocycles. The first kappa shape index (κ1) is 15.6. The van der Waals surface area contributed by atoms with E-state index in [1.807, 2.05) is 30.3 Å². The average molecular weight is 347 g/mol. The molecule has 3 aromatic rings. The van der Waals surface area contributed by atoms with E-state index < -0.39 is 0 Å². The number of amides is 1. The highest BCUT2D eigenvalue weighted by Crippen LogP contribution is 2.23. The third-order valence-electron chi connectivity index (χ3n) is 3.17. The molecule has 0 radical (unpaired) electrons. The fourth-order valence-corrected chi connectivity index (χ4v) is 3.64. The Hall–Kier alpha value is -2.26. The number of hydrogen-bond acceptors (Lipinski definition) is 7. The molecule has 3 rings (SSSR count). The molecule has 9 heteroatoms. The molecule has 0 fully saturated rings. The first-order valence-electron chi connectivity index (χ1n) is 6.74. The summed E-state index contributed by atoms with van der Waals surface area (Å²) in [5, 5.41) is 11.9. The number of thioether (sulfide) groups is 1. The van der Waals surface area contributed by atoms with Crippen molar-refractivity contribution in [3.05, 3.63) is 46.4 Å². The quantitative estimate of drug-likeness (QED) is 0.667. The Morgan fingerprint density at radius 3 is 2.78 bits per heavy atom. The monoisotopic (exact) mass is 347 g/mol. The number of carbonyl (C=O) groups is 1. The van der Waals surface area contributed by atoms with Gasteiger partial charge in [-0.05, 0) is 19.1 Å². The fourth-order valence-electron chi connectivity index (χ4n) is 1.85. The van der Waals surface area contributed by atoms with Gasteiger partial charge in [-0.15, -0.1) is 15.3 Å². The van der Waals surface area contributed by atoms with Gasteiger partial charge in [0.25, 0.3) is 5.56 Å². The van der Waals surface area contributed by atoms with Crippen molar-refractivity contribution >= 4 is 39.7 Å². The molecule has 0 atom stereocenters. The molecular formula is C14H13N5O2S2. The number of fused-ring (bicyclic) bond motifs is 1. The van der Waals surface area contributed by atoms with E-state index in [2.05, 4.69) is 15.3 Å². The summed E-state index contributed by atoms with van der Waals surface area (Å²) < 4.78 is 1.83. The molecule has 118 valence electrons. The predicted molar refractivity (Wildman–Crippen MR) is 90.2 cm³/mol. The van der Waals surface area contributed by atoms with Gasteiger partial charge in [-0.1, -0.05) is 41.3 Å². The first-order valence-corrected chi connectivity index (χ1v) is 8.54. The SMILES string of the molecule is Cc1nnc2sc(SCC(=O)N(C)c3ccccc3)nn2c1=O. The Balaban J connectivity index is 1.72. The van der Waals surface area contributed by atoms with Crippen molar-refractivity contribution in [1.29, 1.82) is 0 Å². The van der Waals surface area contributed by atoms with Crippen LogP contribution in [0.2, 0.25) is 0 Å². The molecule has 1 aromatic carbocycles. The molecule has 0 unspecified atom stereocenters. The fraction of sp³-hybridized carbons (Fsp3) is 0.214. The number of rotatable bonds is 4. The number of hydrogen-bond donors (Lipinski definition) is 0. The van der Waals surface area contributed by atoms with Crippen LogP contribution in [0.3, 0.4) is 0 Å². The standard InChI is InChI=1S/C14H13N5O2S2/c1-9-12(21)19-13(16-15-9)23-14(17-19)22-8-11(20)18(2)10-6-4-3-5-7-10/h3-7H,8H2,1-2H3. The second-order valence-electron chi connectivity index (χ2n) is 4.73. The minimum atomic E-state index is -0.286. The number of nitrogens with zero attached hydrogens (tertiary/aromatic N) is 5. The lowest BCUT2D eigenvalue weighted by Crippen LogP contribution is -2.27. The molecule has 2 heterocycles. The van der Waals surface area contributed by atoms with Crippen molar-refractivity contribution in [2.75, 3.05) is 17.7 Å². The first-order chi connectivity index (χ1) is 11.1. The van der Waals surface area contributed by atoms with Crippen molar-refractivity contribution in [2.24, 2.45) is 0 Å². The van der Waals surface area contributed by atoms with E-state index in [4.69, 9.17) is 0 Å². The van der Waals surface area contributed by atoms with Crippen molar-refractivity contribution in [2.45, 2.75) is 11.3 Å². The van der Waals surface area contributed by atoms with Crippen LogP contribution < -0.4 is 10.5 Å². The van der Waals surface area contributed by atoms with Crippen molar-refractivity contribution in [3.8, 4) is 0 Å². The van der Waals surface area contributed by atoms with E-state index in [9.17, 15) is 9.59 Å². The molecule has 0 saturated carbocycles. The summed E-state index contributed by atoms with van der Waals surface area (Å²) in [6, 6.07) is 9.41. The number of para-hydroxylation sites is 1. The van der Waals surface area contributed by atoms with Crippen LogP contribution in [0.15, 0.2) is 39.5 Å². The van der Waals surface area contributed by atoms with E-state index in [-0.39, 0.29) is 17.2 Å². The van der Waals surface area contributed by atoms with Crippen LogP contribution in [0.5, 0.6) is 0 Å². The zero-order valence-corrected chi connectivity index (χ0v) is 14.1. The number of carbonyl (C=O) groups excluding carboxylic acids is 1. The van der Waals surface area contributed by atoms with Gasteiger partial charge >= 0.3 is 0 Å². The molecule has 1 amide bonds. The van der Waals surface area contributed by atoms with Gasteiger partial charge in [0.15, 0.2) is 4.34 Å². The highest BCUT2D eigenvalue weighted by Gasteiger charge is 2.14. The number of aryl methyl sites for hydroxylation is 1. The molecular weight excluding hydrogens is 334 g/mol. The summed E-state index contributed by atoms with van der Waals surface area (Å²) >= 11 is 2.52. The second-order valence-corrected chi connectivity index (χ2v) is 6.91. The van der Waals surface area contributed by atoms with Crippen LogP contribution in [-0.2, 0) is 4.79 Å². The second kappa shape index (κ2) is 6.47. The highest BCUT2D eigenvalue weighted by atomic mass is 32.2. The summed E-state index contributed by atoms with van der Waals surface area (Å²) in [5.74, 6) is 0.182. The summed E-state index contributed by atoms with van der Waals surface area (Å²) in [5.41, 5.74) is 0.843. The van der Waals surface area contributed by atoms with Gasteiger partial charge in [0, 0.05) is 12.7 Å². The molecule has 23 heavy (non-hydrogen) atoms. The molecule has 0 saturated heterocycles. The zero-order valence-electron chi connectivity index (χ0n) is 12.5. The van der Waals surface area contributed by atoms with Crippen molar-refractivity contribution in [3.63, 3.8) is 0 Å². The molecule has 7 nitrogen and oxygen atoms in total. The number of aromatic nitrogens is 4. The molecule has 0 aliphatic heterocycles. The lowest BCUT2D eigenvalue weighted by Gasteiger charge is -2.16. The van der Waals surface area contributed by atoms with Crippen LogP contribution in [0.4, 0.5) is 5.69 Å². The topological polar surface area (TPSA) is 80.5 Å². The van der Waals surface area contributed by atoms with Gasteiger partial charge in [0.2, 0.25) is 10.9 Å². The minimum absolute atomic E-state index is 0.0462. The smallest absolute Gasteiger partial charge is 0.296 e. The third-order valence-corrected chi connectivity index (χ3v) is 5.18. The van der Waals surface area contributed by atoms with E-state index in [0.29, 0.717) is 15.0 Å². The number of benzene rings is 1. The van der Waals surface area contributed by atoms with Gasteiger partial charge in [0.05, 0.1) is 5.75 Å². The third kappa shape index (κ3) is 3.25. The molecule has 0 aliphatic rings.